The minimum atomic E-state index is 0.486. The van der Waals surface area contributed by atoms with Crippen LogP contribution in [-0.4, -0.2) is 7.05 Å². The van der Waals surface area contributed by atoms with Crippen LogP contribution >= 0.6 is 11.6 Å². The topological polar surface area (TPSA) is 12.0 Å². The molecule has 0 fully saturated rings. The van der Waals surface area contributed by atoms with Crippen LogP contribution in [0.3, 0.4) is 0 Å². The number of hydrogen-bond donors (Lipinski definition) is 1. The number of fused-ring (bicyclic) bond motifs is 1. The Balaban J connectivity index is 1.87. The third-order valence-electron chi connectivity index (χ3n) is 4.05. The molecule has 2 aromatic rings. The molecular formula is C17H18ClN. The first-order valence-electron chi connectivity index (χ1n) is 6.78. The first kappa shape index (κ1) is 12.7. The summed E-state index contributed by atoms with van der Waals surface area (Å²) in [4.78, 5) is 0. The van der Waals surface area contributed by atoms with Crippen molar-refractivity contribution in [2.24, 2.45) is 0 Å². The number of nitrogens with one attached hydrogen (secondary N) is 1. The maximum Gasteiger partial charge on any atom is 0.0408 e. The first-order valence-corrected chi connectivity index (χ1v) is 7.16. The van der Waals surface area contributed by atoms with Crippen molar-refractivity contribution in [3.8, 4) is 0 Å². The second kappa shape index (κ2) is 5.36. The predicted octanol–water partition coefficient (Wildman–Crippen LogP) is 4.33. The molecule has 0 saturated carbocycles. The smallest absolute Gasteiger partial charge is 0.0408 e. The maximum atomic E-state index is 6.07. The van der Waals surface area contributed by atoms with Gasteiger partial charge in [-0.2, -0.15) is 0 Å². The zero-order valence-corrected chi connectivity index (χ0v) is 11.8. The van der Waals surface area contributed by atoms with Gasteiger partial charge in [0.2, 0.25) is 0 Å². The molecule has 1 nitrogen and oxygen atoms in total. The Morgan fingerprint density at radius 2 is 1.89 bits per heavy atom. The zero-order chi connectivity index (χ0) is 13.2. The lowest BCUT2D eigenvalue weighted by Gasteiger charge is -2.12. The van der Waals surface area contributed by atoms with Crippen molar-refractivity contribution in [1.29, 1.82) is 0 Å². The van der Waals surface area contributed by atoms with E-state index in [1.807, 2.05) is 19.2 Å². The van der Waals surface area contributed by atoms with Crippen molar-refractivity contribution >= 4 is 11.6 Å². The zero-order valence-electron chi connectivity index (χ0n) is 11.1. The van der Waals surface area contributed by atoms with Crippen molar-refractivity contribution in [3.05, 3.63) is 70.2 Å². The van der Waals surface area contributed by atoms with E-state index in [0.717, 1.165) is 11.4 Å². The Morgan fingerprint density at radius 3 is 2.63 bits per heavy atom. The van der Waals surface area contributed by atoms with Crippen LogP contribution in [0.1, 0.15) is 35.1 Å². The fraction of sp³-hybridized carbons (Fsp3) is 0.294. The highest BCUT2D eigenvalue weighted by Gasteiger charge is 2.29. The van der Waals surface area contributed by atoms with Crippen molar-refractivity contribution in [2.45, 2.75) is 24.8 Å². The molecule has 1 aliphatic carbocycles. The summed E-state index contributed by atoms with van der Waals surface area (Å²) >= 11 is 6.07. The first-order chi connectivity index (χ1) is 9.28. The molecule has 1 aliphatic rings. The summed E-state index contributed by atoms with van der Waals surface area (Å²) in [5.74, 6) is 0.590. The maximum absolute atomic E-state index is 6.07. The lowest BCUT2D eigenvalue weighted by atomic mass is 9.94. The molecule has 2 heteroatoms. The number of hydrogen-bond acceptors (Lipinski definition) is 1. The molecule has 0 aromatic heterocycles. The summed E-state index contributed by atoms with van der Waals surface area (Å²) < 4.78 is 0. The molecule has 0 heterocycles. The number of halogens is 1. The Hall–Kier alpha value is -1.31. The third kappa shape index (κ3) is 2.54. The fourth-order valence-electron chi connectivity index (χ4n) is 3.15. The quantitative estimate of drug-likeness (QED) is 0.876. The monoisotopic (exact) mass is 271 g/mol. The second-order valence-corrected chi connectivity index (χ2v) is 5.67. The molecule has 1 N–H and O–H groups in total. The third-order valence-corrected chi connectivity index (χ3v) is 4.29. The van der Waals surface area contributed by atoms with Gasteiger partial charge in [-0.1, -0.05) is 48.0 Å². The summed E-state index contributed by atoms with van der Waals surface area (Å²) in [6.07, 6.45) is 2.23. The average Bonchev–Trinajstić information content (AvgIpc) is 2.77. The van der Waals surface area contributed by atoms with Gasteiger partial charge in [-0.05, 0) is 54.6 Å². The molecule has 0 radical (unpaired) electrons. The van der Waals surface area contributed by atoms with Gasteiger partial charge in [0.25, 0.3) is 0 Å². The van der Waals surface area contributed by atoms with Crippen LogP contribution in [0.15, 0.2) is 48.5 Å². The van der Waals surface area contributed by atoms with E-state index in [1.165, 1.54) is 23.1 Å². The molecule has 0 spiro atoms. The molecular weight excluding hydrogens is 254 g/mol. The average molecular weight is 272 g/mol. The van der Waals surface area contributed by atoms with Gasteiger partial charge in [0.05, 0.1) is 0 Å². The minimum absolute atomic E-state index is 0.486. The second-order valence-electron chi connectivity index (χ2n) is 5.24. The van der Waals surface area contributed by atoms with E-state index >= 15 is 0 Å². The Morgan fingerprint density at radius 1 is 1.11 bits per heavy atom. The SMILES string of the molecule is CN[C@@H]1C[C@@H](Cc2cccc(Cl)c2)c2ccccc21. The minimum Gasteiger partial charge on any atom is -0.313 e. The highest BCUT2D eigenvalue weighted by molar-refractivity contribution is 6.30. The Kier molecular flexibility index (Phi) is 3.58. The molecule has 19 heavy (non-hydrogen) atoms. The molecule has 2 aromatic carbocycles. The molecule has 2 atom stereocenters. The van der Waals surface area contributed by atoms with E-state index in [2.05, 4.69) is 41.7 Å². The molecule has 3 rings (SSSR count). The summed E-state index contributed by atoms with van der Waals surface area (Å²) in [6, 6.07) is 17.5. The van der Waals surface area contributed by atoms with Crippen molar-refractivity contribution in [1.82, 2.24) is 5.32 Å². The molecule has 0 unspecified atom stereocenters. The van der Waals surface area contributed by atoms with Crippen LogP contribution < -0.4 is 5.32 Å². The fourth-order valence-corrected chi connectivity index (χ4v) is 3.37. The standard InChI is InChI=1S/C17H18ClN/c1-19-17-11-13(15-7-2-3-8-16(15)17)9-12-5-4-6-14(18)10-12/h2-8,10,13,17,19H,9,11H2,1H3/t13-,17-/m1/s1. The molecule has 98 valence electrons. The van der Waals surface area contributed by atoms with Crippen LogP contribution in [-0.2, 0) is 6.42 Å². The molecule has 0 amide bonds. The van der Waals surface area contributed by atoms with E-state index in [4.69, 9.17) is 11.6 Å². The van der Waals surface area contributed by atoms with Crippen LogP contribution in [0.4, 0.5) is 0 Å². The summed E-state index contributed by atoms with van der Waals surface area (Å²) in [7, 11) is 2.04. The van der Waals surface area contributed by atoms with Crippen LogP contribution in [0.5, 0.6) is 0 Å². The van der Waals surface area contributed by atoms with Gasteiger partial charge in [0.1, 0.15) is 0 Å². The van der Waals surface area contributed by atoms with Crippen molar-refractivity contribution in [3.63, 3.8) is 0 Å². The van der Waals surface area contributed by atoms with Crippen molar-refractivity contribution < 1.29 is 0 Å². The van der Waals surface area contributed by atoms with Gasteiger partial charge in [-0.3, -0.25) is 0 Å². The normalized spacial score (nSPS) is 21.4. The lowest BCUT2D eigenvalue weighted by molar-refractivity contribution is 0.532. The predicted molar refractivity (Wildman–Crippen MR) is 80.8 cm³/mol. The van der Waals surface area contributed by atoms with E-state index in [1.54, 1.807) is 0 Å². The van der Waals surface area contributed by atoms with Gasteiger partial charge in [-0.15, -0.1) is 0 Å². The highest BCUT2D eigenvalue weighted by Crippen LogP contribution is 2.41. The van der Waals surface area contributed by atoms with E-state index in [-0.39, 0.29) is 0 Å². The summed E-state index contributed by atoms with van der Waals surface area (Å²) in [5.41, 5.74) is 4.27. The van der Waals surface area contributed by atoms with E-state index in [9.17, 15) is 0 Å². The largest absolute Gasteiger partial charge is 0.313 e. The molecule has 0 saturated heterocycles. The molecule has 0 aliphatic heterocycles. The number of benzene rings is 2. The van der Waals surface area contributed by atoms with Gasteiger partial charge < -0.3 is 5.32 Å². The van der Waals surface area contributed by atoms with Crippen LogP contribution in [0.25, 0.3) is 0 Å². The van der Waals surface area contributed by atoms with Crippen LogP contribution in [0.2, 0.25) is 5.02 Å². The van der Waals surface area contributed by atoms with Crippen LogP contribution in [0, 0.1) is 0 Å². The summed E-state index contributed by atoms with van der Waals surface area (Å²) in [5, 5.41) is 4.25. The van der Waals surface area contributed by atoms with Gasteiger partial charge >= 0.3 is 0 Å². The highest BCUT2D eigenvalue weighted by atomic mass is 35.5. The van der Waals surface area contributed by atoms with Gasteiger partial charge in [0.15, 0.2) is 0 Å². The lowest BCUT2D eigenvalue weighted by Crippen LogP contribution is -2.13. The Bertz CT molecular complexity index is 579. The van der Waals surface area contributed by atoms with Gasteiger partial charge in [-0.25, -0.2) is 0 Å². The molecule has 0 bridgehead atoms. The van der Waals surface area contributed by atoms with Gasteiger partial charge in [0, 0.05) is 11.1 Å². The van der Waals surface area contributed by atoms with E-state index in [0.29, 0.717) is 12.0 Å². The summed E-state index contributed by atoms with van der Waals surface area (Å²) in [6.45, 7) is 0. The van der Waals surface area contributed by atoms with Crippen molar-refractivity contribution in [2.75, 3.05) is 7.05 Å². The van der Waals surface area contributed by atoms with E-state index < -0.39 is 0 Å². The number of rotatable bonds is 3. The Labute approximate surface area is 119 Å².